The number of amidine groups is 1. The zero-order valence-electron chi connectivity index (χ0n) is 7.49. The lowest BCUT2D eigenvalue weighted by Crippen LogP contribution is -2.24. The van der Waals surface area contributed by atoms with E-state index in [2.05, 4.69) is 22.8 Å². The zero-order valence-corrected chi connectivity index (χ0v) is 8.30. The number of aliphatic imine (C=N–C) groups is 1. The van der Waals surface area contributed by atoms with Gasteiger partial charge in [0.25, 0.3) is 5.91 Å². The van der Waals surface area contributed by atoms with Crippen LogP contribution in [-0.2, 0) is 4.79 Å². The number of hydrogen-bond donors (Lipinski definition) is 1. The van der Waals surface area contributed by atoms with Gasteiger partial charge in [-0.25, -0.2) is 0 Å². The summed E-state index contributed by atoms with van der Waals surface area (Å²) in [5, 5.41) is 0.898. The molecule has 4 nitrogen and oxygen atoms in total. The molecular formula is C8H12N3OS. The molecule has 71 valence electrons. The van der Waals surface area contributed by atoms with Crippen LogP contribution in [-0.4, -0.2) is 16.4 Å². The van der Waals surface area contributed by atoms with Gasteiger partial charge in [0.1, 0.15) is 0 Å². The van der Waals surface area contributed by atoms with Crippen LogP contribution >= 0.6 is 11.8 Å². The first-order valence-electron chi connectivity index (χ1n) is 4.55. The molecule has 1 saturated heterocycles. The molecule has 1 aliphatic heterocycles. The number of hydrogen-bond acceptors (Lipinski definition) is 3. The van der Waals surface area contributed by atoms with Gasteiger partial charge < -0.3 is 0 Å². The van der Waals surface area contributed by atoms with Crippen molar-refractivity contribution in [3.05, 3.63) is 0 Å². The highest BCUT2D eigenvalue weighted by Gasteiger charge is 2.31. The number of rotatable bonds is 2. The van der Waals surface area contributed by atoms with Crippen molar-refractivity contribution in [3.8, 4) is 0 Å². The average molecular weight is 198 g/mol. The predicted molar refractivity (Wildman–Crippen MR) is 52.1 cm³/mol. The summed E-state index contributed by atoms with van der Waals surface area (Å²) in [6.07, 6.45) is 3.00. The molecule has 1 saturated carbocycles. The Morgan fingerprint density at radius 3 is 3.08 bits per heavy atom. The quantitative estimate of drug-likeness (QED) is 0.716. The number of carbonyl (C=O) groups is 1. The molecule has 1 aliphatic carbocycles. The highest BCUT2D eigenvalue weighted by molar-refractivity contribution is 8.14. The largest absolute Gasteiger partial charge is 0.272 e. The Balaban J connectivity index is 1.89. The molecule has 1 unspecified atom stereocenters. The minimum atomic E-state index is 0.00445. The van der Waals surface area contributed by atoms with E-state index < -0.39 is 0 Å². The Kier molecular flexibility index (Phi) is 2.55. The van der Waals surface area contributed by atoms with Crippen molar-refractivity contribution in [1.82, 2.24) is 10.9 Å². The van der Waals surface area contributed by atoms with Gasteiger partial charge in [-0.05, 0) is 19.3 Å². The Morgan fingerprint density at radius 1 is 1.77 bits per heavy atom. The molecule has 2 fully saturated rings. The minimum absolute atomic E-state index is 0.00445. The Labute approximate surface area is 81.5 Å². The van der Waals surface area contributed by atoms with Crippen molar-refractivity contribution >= 4 is 22.8 Å². The number of thioether (sulfide) groups is 1. The Bertz CT molecular complexity index is 250. The van der Waals surface area contributed by atoms with E-state index in [-0.39, 0.29) is 11.8 Å². The van der Waals surface area contributed by atoms with Crippen LogP contribution in [0.5, 0.6) is 0 Å². The van der Waals surface area contributed by atoms with E-state index in [1.807, 2.05) is 0 Å². The number of carbonyl (C=O) groups excluding carboxylic acids is 1. The molecular weight excluding hydrogens is 186 g/mol. The van der Waals surface area contributed by atoms with Crippen molar-refractivity contribution in [2.24, 2.45) is 10.9 Å². The first-order chi connectivity index (χ1) is 6.29. The lowest BCUT2D eigenvalue weighted by molar-refractivity contribution is -0.118. The highest BCUT2D eigenvalue weighted by Crippen LogP contribution is 2.31. The Hall–Kier alpha value is -0.550. The van der Waals surface area contributed by atoms with Crippen LogP contribution in [0.25, 0.3) is 0 Å². The summed E-state index contributed by atoms with van der Waals surface area (Å²) < 4.78 is 0. The predicted octanol–water partition coefficient (Wildman–Crippen LogP) is 0.871. The van der Waals surface area contributed by atoms with Gasteiger partial charge in [-0.2, -0.15) is 15.8 Å². The highest BCUT2D eigenvalue weighted by atomic mass is 32.2. The SMILES string of the molecule is CCC1N[N]C(=NC(=O)C2CC2)S1. The van der Waals surface area contributed by atoms with Crippen molar-refractivity contribution < 1.29 is 4.79 Å². The molecule has 0 aromatic rings. The van der Waals surface area contributed by atoms with Gasteiger partial charge in [-0.15, -0.1) is 0 Å². The first-order valence-corrected chi connectivity index (χ1v) is 5.43. The first kappa shape index (κ1) is 9.02. The van der Waals surface area contributed by atoms with Gasteiger partial charge in [0, 0.05) is 5.92 Å². The summed E-state index contributed by atoms with van der Waals surface area (Å²) in [6, 6.07) is 0. The summed E-state index contributed by atoms with van der Waals surface area (Å²) in [6.45, 7) is 2.08. The van der Waals surface area contributed by atoms with Crippen LogP contribution in [0.3, 0.4) is 0 Å². The van der Waals surface area contributed by atoms with Gasteiger partial charge in [0.2, 0.25) is 5.17 Å². The second kappa shape index (κ2) is 3.67. The van der Waals surface area contributed by atoms with E-state index in [0.717, 1.165) is 19.3 Å². The van der Waals surface area contributed by atoms with Gasteiger partial charge >= 0.3 is 0 Å². The minimum Gasteiger partial charge on any atom is -0.272 e. The van der Waals surface area contributed by atoms with Crippen molar-refractivity contribution in [1.29, 1.82) is 0 Å². The lowest BCUT2D eigenvalue weighted by atomic mass is 10.4. The summed E-state index contributed by atoms with van der Waals surface area (Å²) in [5.74, 6) is 0.203. The third-order valence-corrected chi connectivity index (χ3v) is 3.17. The summed E-state index contributed by atoms with van der Waals surface area (Å²) in [4.78, 5) is 15.2. The van der Waals surface area contributed by atoms with Crippen molar-refractivity contribution in [2.45, 2.75) is 31.6 Å². The molecule has 1 radical (unpaired) electrons. The van der Waals surface area contributed by atoms with Crippen LogP contribution < -0.4 is 10.9 Å². The molecule has 1 atom stereocenters. The van der Waals surface area contributed by atoms with E-state index in [9.17, 15) is 4.79 Å². The fraction of sp³-hybridized carbons (Fsp3) is 0.750. The van der Waals surface area contributed by atoms with Gasteiger partial charge in [0.05, 0.1) is 5.37 Å². The molecule has 2 rings (SSSR count). The number of amides is 1. The summed E-state index contributed by atoms with van der Waals surface area (Å²) in [5.41, 5.74) is 6.91. The van der Waals surface area contributed by atoms with Crippen LogP contribution in [0.15, 0.2) is 4.99 Å². The smallest absolute Gasteiger partial charge is 0.251 e. The molecule has 1 amide bonds. The molecule has 2 aliphatic rings. The van der Waals surface area contributed by atoms with E-state index in [1.54, 1.807) is 0 Å². The maximum Gasteiger partial charge on any atom is 0.251 e. The van der Waals surface area contributed by atoms with Gasteiger partial charge in [-0.1, -0.05) is 18.7 Å². The molecule has 5 heteroatoms. The second-order valence-corrected chi connectivity index (χ2v) is 4.43. The van der Waals surface area contributed by atoms with Crippen molar-refractivity contribution in [3.63, 3.8) is 0 Å². The lowest BCUT2D eigenvalue weighted by Gasteiger charge is -1.98. The third-order valence-electron chi connectivity index (χ3n) is 2.06. The molecule has 0 bridgehead atoms. The normalized spacial score (nSPS) is 30.5. The molecule has 0 aromatic heterocycles. The second-order valence-electron chi connectivity index (χ2n) is 3.26. The van der Waals surface area contributed by atoms with Gasteiger partial charge in [-0.3, -0.25) is 4.79 Å². The van der Waals surface area contributed by atoms with Crippen LogP contribution in [0.1, 0.15) is 26.2 Å². The zero-order chi connectivity index (χ0) is 9.26. The summed E-state index contributed by atoms with van der Waals surface area (Å²) >= 11 is 1.54. The van der Waals surface area contributed by atoms with E-state index in [4.69, 9.17) is 0 Å². The molecule has 0 aromatic carbocycles. The van der Waals surface area contributed by atoms with Crippen LogP contribution in [0.2, 0.25) is 0 Å². The van der Waals surface area contributed by atoms with E-state index >= 15 is 0 Å². The topological polar surface area (TPSA) is 55.6 Å². The van der Waals surface area contributed by atoms with E-state index in [0.29, 0.717) is 10.5 Å². The molecule has 0 spiro atoms. The van der Waals surface area contributed by atoms with Crippen molar-refractivity contribution in [2.75, 3.05) is 0 Å². The molecule has 1 heterocycles. The average Bonchev–Trinajstić information content (AvgIpc) is 2.88. The van der Waals surface area contributed by atoms with E-state index in [1.165, 1.54) is 11.8 Å². The molecule has 13 heavy (non-hydrogen) atoms. The summed E-state index contributed by atoms with van der Waals surface area (Å²) in [7, 11) is 0. The number of nitrogens with one attached hydrogen (secondary N) is 1. The maximum atomic E-state index is 11.3. The fourth-order valence-corrected chi connectivity index (χ4v) is 1.82. The number of nitrogens with zero attached hydrogens (tertiary/aromatic N) is 2. The monoisotopic (exact) mass is 198 g/mol. The van der Waals surface area contributed by atoms with Crippen LogP contribution in [0.4, 0.5) is 0 Å². The fourth-order valence-electron chi connectivity index (χ4n) is 1.05. The Morgan fingerprint density at radius 2 is 2.54 bits per heavy atom. The molecule has 1 N–H and O–H groups in total. The maximum absolute atomic E-state index is 11.3. The van der Waals surface area contributed by atoms with Crippen LogP contribution in [0, 0.1) is 5.92 Å². The standard InChI is InChI=1S/C8H12N3OS/c1-2-6-10-11-8(13-6)9-7(12)5-3-4-5/h5-6,10H,2-4H2,1H3. The third kappa shape index (κ3) is 2.22. The van der Waals surface area contributed by atoms with Gasteiger partial charge in [0.15, 0.2) is 0 Å².